The maximum absolute atomic E-state index is 13.2. The standard InChI is InChI=1S/C22H21ClFNO/c1-15-7-10-20(11-16(15)2)25-13-17-5-3-4-6-22(17)26-14-18-8-9-19(24)12-21(18)23/h3-12,25H,13-14H2,1-2H3. The molecule has 0 atom stereocenters. The van der Waals surface area contributed by atoms with Gasteiger partial charge in [0.25, 0.3) is 0 Å². The van der Waals surface area contributed by atoms with Crippen molar-refractivity contribution in [3.05, 3.63) is 93.8 Å². The molecular formula is C22H21ClFNO. The van der Waals surface area contributed by atoms with Crippen molar-refractivity contribution in [3.63, 3.8) is 0 Å². The molecule has 0 bridgehead atoms. The minimum absolute atomic E-state index is 0.291. The van der Waals surface area contributed by atoms with Gasteiger partial charge in [-0.3, -0.25) is 0 Å². The van der Waals surface area contributed by atoms with Crippen LogP contribution in [0.25, 0.3) is 0 Å². The first-order valence-electron chi connectivity index (χ1n) is 8.48. The molecule has 0 unspecified atom stereocenters. The molecule has 0 aromatic heterocycles. The molecule has 3 aromatic rings. The van der Waals surface area contributed by atoms with Gasteiger partial charge in [-0.1, -0.05) is 41.9 Å². The van der Waals surface area contributed by atoms with Crippen LogP contribution in [-0.4, -0.2) is 0 Å². The Bertz CT molecular complexity index is 910. The van der Waals surface area contributed by atoms with E-state index in [0.29, 0.717) is 18.2 Å². The Hall–Kier alpha value is -2.52. The summed E-state index contributed by atoms with van der Waals surface area (Å²) in [6.07, 6.45) is 0. The lowest BCUT2D eigenvalue weighted by Gasteiger charge is -2.14. The highest BCUT2D eigenvalue weighted by atomic mass is 35.5. The van der Waals surface area contributed by atoms with Crippen LogP contribution in [0.1, 0.15) is 22.3 Å². The minimum Gasteiger partial charge on any atom is -0.488 e. The van der Waals surface area contributed by atoms with Gasteiger partial charge in [-0.25, -0.2) is 4.39 Å². The predicted octanol–water partition coefficient (Wildman–Crippen LogP) is 6.29. The summed E-state index contributed by atoms with van der Waals surface area (Å²) in [4.78, 5) is 0. The molecular weight excluding hydrogens is 349 g/mol. The fourth-order valence-electron chi connectivity index (χ4n) is 2.63. The molecule has 0 saturated heterocycles. The van der Waals surface area contributed by atoms with E-state index in [1.807, 2.05) is 24.3 Å². The zero-order valence-corrected chi connectivity index (χ0v) is 15.6. The molecule has 0 aliphatic carbocycles. The van der Waals surface area contributed by atoms with Crippen molar-refractivity contribution in [1.82, 2.24) is 0 Å². The highest BCUT2D eigenvalue weighted by Crippen LogP contribution is 2.24. The third kappa shape index (κ3) is 4.55. The Morgan fingerprint density at radius 1 is 0.923 bits per heavy atom. The van der Waals surface area contributed by atoms with Crippen molar-refractivity contribution in [2.75, 3.05) is 5.32 Å². The van der Waals surface area contributed by atoms with Crippen LogP contribution in [-0.2, 0) is 13.2 Å². The van der Waals surface area contributed by atoms with Gasteiger partial charge >= 0.3 is 0 Å². The summed E-state index contributed by atoms with van der Waals surface area (Å²) >= 11 is 6.07. The predicted molar refractivity (Wildman–Crippen MR) is 105 cm³/mol. The fourth-order valence-corrected chi connectivity index (χ4v) is 2.86. The number of anilines is 1. The van der Waals surface area contributed by atoms with Crippen molar-refractivity contribution >= 4 is 17.3 Å². The van der Waals surface area contributed by atoms with Gasteiger partial charge in [0.05, 0.1) is 5.02 Å². The zero-order chi connectivity index (χ0) is 18.5. The summed E-state index contributed by atoms with van der Waals surface area (Å²) < 4.78 is 19.1. The largest absolute Gasteiger partial charge is 0.488 e. The van der Waals surface area contributed by atoms with Crippen LogP contribution in [0.3, 0.4) is 0 Å². The van der Waals surface area contributed by atoms with Crippen LogP contribution in [0.2, 0.25) is 5.02 Å². The molecule has 2 nitrogen and oxygen atoms in total. The van der Waals surface area contributed by atoms with E-state index in [2.05, 4.69) is 37.4 Å². The number of halogens is 2. The smallest absolute Gasteiger partial charge is 0.124 e. The van der Waals surface area contributed by atoms with E-state index in [9.17, 15) is 4.39 Å². The maximum Gasteiger partial charge on any atom is 0.124 e. The number of hydrogen-bond donors (Lipinski definition) is 1. The third-order valence-corrected chi connectivity index (χ3v) is 4.71. The van der Waals surface area contributed by atoms with E-state index in [0.717, 1.165) is 22.6 Å². The molecule has 0 spiro atoms. The van der Waals surface area contributed by atoms with Crippen LogP contribution in [0, 0.1) is 19.7 Å². The lowest BCUT2D eigenvalue weighted by Crippen LogP contribution is -2.04. The molecule has 1 N–H and O–H groups in total. The third-order valence-electron chi connectivity index (χ3n) is 4.36. The summed E-state index contributed by atoms with van der Waals surface area (Å²) in [5, 5.41) is 3.80. The lowest BCUT2D eigenvalue weighted by atomic mass is 10.1. The average Bonchev–Trinajstić information content (AvgIpc) is 2.63. The van der Waals surface area contributed by atoms with Gasteiger partial charge in [0, 0.05) is 23.4 Å². The van der Waals surface area contributed by atoms with Crippen molar-refractivity contribution in [2.24, 2.45) is 0 Å². The van der Waals surface area contributed by atoms with E-state index in [4.69, 9.17) is 16.3 Å². The molecule has 0 aliphatic rings. The summed E-state index contributed by atoms with van der Waals surface area (Å²) in [6.45, 7) is 5.14. The van der Waals surface area contributed by atoms with Gasteiger partial charge in [-0.2, -0.15) is 0 Å². The van der Waals surface area contributed by atoms with E-state index in [-0.39, 0.29) is 5.82 Å². The first-order chi connectivity index (χ1) is 12.5. The second-order valence-electron chi connectivity index (χ2n) is 6.28. The van der Waals surface area contributed by atoms with Crippen LogP contribution in [0.15, 0.2) is 60.7 Å². The number of benzene rings is 3. The molecule has 0 aliphatic heterocycles. The quantitative estimate of drug-likeness (QED) is 0.551. The highest BCUT2D eigenvalue weighted by molar-refractivity contribution is 6.31. The monoisotopic (exact) mass is 369 g/mol. The van der Waals surface area contributed by atoms with Crippen molar-refractivity contribution < 1.29 is 9.13 Å². The van der Waals surface area contributed by atoms with E-state index in [1.165, 1.54) is 23.3 Å². The number of ether oxygens (including phenoxy) is 1. The molecule has 26 heavy (non-hydrogen) atoms. The molecule has 0 amide bonds. The van der Waals surface area contributed by atoms with Crippen LogP contribution < -0.4 is 10.1 Å². The molecule has 134 valence electrons. The molecule has 0 saturated carbocycles. The molecule has 3 rings (SSSR count). The first kappa shape index (κ1) is 18.3. The fraction of sp³-hybridized carbons (Fsp3) is 0.182. The first-order valence-corrected chi connectivity index (χ1v) is 8.86. The Morgan fingerprint density at radius 3 is 2.50 bits per heavy atom. The second kappa shape index (κ2) is 8.24. The summed E-state index contributed by atoms with van der Waals surface area (Å²) in [6, 6.07) is 18.5. The summed E-state index contributed by atoms with van der Waals surface area (Å²) in [5.41, 5.74) is 5.40. The van der Waals surface area contributed by atoms with Gasteiger partial charge in [0.2, 0.25) is 0 Å². The number of aryl methyl sites for hydroxylation is 2. The number of para-hydroxylation sites is 1. The lowest BCUT2D eigenvalue weighted by molar-refractivity contribution is 0.303. The molecule has 0 fully saturated rings. The van der Waals surface area contributed by atoms with Crippen LogP contribution in [0.4, 0.5) is 10.1 Å². The van der Waals surface area contributed by atoms with Gasteiger partial charge in [-0.05, 0) is 55.3 Å². The van der Waals surface area contributed by atoms with Gasteiger partial charge in [0.1, 0.15) is 18.2 Å². The van der Waals surface area contributed by atoms with Gasteiger partial charge in [-0.15, -0.1) is 0 Å². The number of nitrogens with one attached hydrogen (secondary N) is 1. The average molecular weight is 370 g/mol. The van der Waals surface area contributed by atoms with Crippen molar-refractivity contribution in [1.29, 1.82) is 0 Å². The normalized spacial score (nSPS) is 10.6. The Morgan fingerprint density at radius 2 is 1.73 bits per heavy atom. The molecule has 0 radical (unpaired) electrons. The number of rotatable bonds is 6. The van der Waals surface area contributed by atoms with Crippen LogP contribution in [0.5, 0.6) is 5.75 Å². The highest BCUT2D eigenvalue weighted by Gasteiger charge is 2.07. The maximum atomic E-state index is 13.2. The Kier molecular flexibility index (Phi) is 5.79. The van der Waals surface area contributed by atoms with E-state index < -0.39 is 0 Å². The Labute approximate surface area is 158 Å². The summed E-state index contributed by atoms with van der Waals surface area (Å²) in [7, 11) is 0. The minimum atomic E-state index is -0.350. The molecule has 0 heterocycles. The van der Waals surface area contributed by atoms with Gasteiger partial charge < -0.3 is 10.1 Å². The van der Waals surface area contributed by atoms with E-state index >= 15 is 0 Å². The second-order valence-corrected chi connectivity index (χ2v) is 6.69. The van der Waals surface area contributed by atoms with Gasteiger partial charge in [0.15, 0.2) is 0 Å². The van der Waals surface area contributed by atoms with Crippen molar-refractivity contribution in [3.8, 4) is 5.75 Å². The topological polar surface area (TPSA) is 21.3 Å². The zero-order valence-electron chi connectivity index (χ0n) is 14.9. The number of hydrogen-bond acceptors (Lipinski definition) is 2. The molecule has 3 aromatic carbocycles. The van der Waals surface area contributed by atoms with Crippen molar-refractivity contribution in [2.45, 2.75) is 27.0 Å². The Balaban J connectivity index is 1.68. The van der Waals surface area contributed by atoms with Crippen LogP contribution >= 0.6 is 11.6 Å². The molecule has 4 heteroatoms. The SMILES string of the molecule is Cc1ccc(NCc2ccccc2OCc2ccc(F)cc2Cl)cc1C. The van der Waals surface area contributed by atoms with E-state index in [1.54, 1.807) is 6.07 Å². The summed E-state index contributed by atoms with van der Waals surface area (Å²) in [5.74, 6) is 0.431.